The molecule has 0 aromatic carbocycles. The maximum absolute atomic E-state index is 12.4. The molecule has 2 heterocycles. The number of nitrogens with zero attached hydrogens (tertiary/aromatic N) is 2. The van der Waals surface area contributed by atoms with Crippen molar-refractivity contribution in [3.8, 4) is 0 Å². The van der Waals surface area contributed by atoms with Crippen LogP contribution in [-0.4, -0.2) is 28.9 Å². The summed E-state index contributed by atoms with van der Waals surface area (Å²) >= 11 is 2.93. The Morgan fingerprint density at radius 2 is 2.30 bits per heavy atom. The van der Waals surface area contributed by atoms with E-state index in [-0.39, 0.29) is 11.9 Å². The van der Waals surface area contributed by atoms with E-state index in [1.165, 1.54) is 11.3 Å². The van der Waals surface area contributed by atoms with Crippen LogP contribution in [0.1, 0.15) is 28.4 Å². The van der Waals surface area contributed by atoms with E-state index < -0.39 is 0 Å². The van der Waals surface area contributed by atoms with Gasteiger partial charge in [-0.3, -0.25) is 4.79 Å². The number of carbonyl (C=O) groups excluding carboxylic acids is 1. The monoisotopic (exact) mass is 310 g/mol. The van der Waals surface area contributed by atoms with Crippen molar-refractivity contribution < 1.29 is 4.79 Å². The Labute approximate surface area is 126 Å². The first-order chi connectivity index (χ1) is 9.47. The molecule has 0 atom stereocenters. The van der Waals surface area contributed by atoms with E-state index in [0.717, 1.165) is 4.88 Å². The third-order valence-electron chi connectivity index (χ3n) is 2.58. The maximum atomic E-state index is 12.4. The molecule has 20 heavy (non-hydrogen) atoms. The fourth-order valence-corrected chi connectivity index (χ4v) is 3.46. The van der Waals surface area contributed by atoms with Crippen LogP contribution in [-0.2, 0) is 6.54 Å². The molecule has 0 radical (unpaired) electrons. The predicted octanol–water partition coefficient (Wildman–Crippen LogP) is 2.88. The number of anilines is 2. The number of aromatic nitrogens is 1. The second-order valence-electron chi connectivity index (χ2n) is 4.77. The van der Waals surface area contributed by atoms with Crippen LogP contribution in [0.3, 0.4) is 0 Å². The highest BCUT2D eigenvalue weighted by Gasteiger charge is 2.20. The molecular weight excluding hydrogens is 292 g/mol. The highest BCUT2D eigenvalue weighted by molar-refractivity contribution is 7.18. The van der Waals surface area contributed by atoms with Crippen LogP contribution in [0.2, 0.25) is 0 Å². The molecule has 0 fully saturated rings. The number of thiophene rings is 1. The molecule has 3 N–H and O–H groups in total. The first-order valence-electron chi connectivity index (χ1n) is 6.28. The summed E-state index contributed by atoms with van der Waals surface area (Å²) in [7, 11) is 1.77. The molecule has 0 saturated heterocycles. The van der Waals surface area contributed by atoms with Gasteiger partial charge in [0.25, 0.3) is 5.91 Å². The number of nitrogens with one attached hydrogen (secondary N) is 1. The fourth-order valence-electron chi connectivity index (χ4n) is 1.68. The Hall–Kier alpha value is -1.60. The fraction of sp³-hybridized carbons (Fsp3) is 0.385. The number of nitrogens with two attached hydrogens (primary N) is 1. The average Bonchev–Trinajstić information content (AvgIpc) is 2.97. The van der Waals surface area contributed by atoms with Crippen LogP contribution in [0.25, 0.3) is 0 Å². The SMILES string of the molecule is CC(C)Nc1nc(N)c(C(=O)N(C)Cc2cccs2)s1. The summed E-state index contributed by atoms with van der Waals surface area (Å²) in [6.07, 6.45) is 0. The van der Waals surface area contributed by atoms with E-state index in [4.69, 9.17) is 5.73 Å². The minimum atomic E-state index is -0.0924. The third-order valence-corrected chi connectivity index (χ3v) is 4.43. The second kappa shape index (κ2) is 6.23. The molecular formula is C13H18N4OS2. The zero-order valence-corrected chi connectivity index (χ0v) is 13.3. The van der Waals surface area contributed by atoms with E-state index in [2.05, 4.69) is 10.3 Å². The first kappa shape index (κ1) is 14.8. The van der Waals surface area contributed by atoms with E-state index in [9.17, 15) is 4.79 Å². The van der Waals surface area contributed by atoms with Crippen molar-refractivity contribution in [1.82, 2.24) is 9.88 Å². The third kappa shape index (κ3) is 3.49. The van der Waals surface area contributed by atoms with Gasteiger partial charge in [0.2, 0.25) is 0 Å². The Bertz CT molecular complexity index is 577. The quantitative estimate of drug-likeness (QED) is 0.891. The van der Waals surface area contributed by atoms with Gasteiger partial charge in [0.1, 0.15) is 10.7 Å². The summed E-state index contributed by atoms with van der Waals surface area (Å²) in [4.78, 5) is 19.9. The van der Waals surface area contributed by atoms with Crippen LogP contribution in [0.15, 0.2) is 17.5 Å². The van der Waals surface area contributed by atoms with Crippen LogP contribution in [0.4, 0.5) is 10.9 Å². The molecule has 2 aromatic rings. The van der Waals surface area contributed by atoms with Gasteiger partial charge in [0, 0.05) is 18.0 Å². The van der Waals surface area contributed by atoms with E-state index in [0.29, 0.717) is 22.4 Å². The van der Waals surface area contributed by atoms with Crippen molar-refractivity contribution in [1.29, 1.82) is 0 Å². The number of carbonyl (C=O) groups is 1. The highest BCUT2D eigenvalue weighted by Crippen LogP contribution is 2.27. The molecule has 0 saturated carbocycles. The Morgan fingerprint density at radius 1 is 1.55 bits per heavy atom. The van der Waals surface area contributed by atoms with Crippen LogP contribution >= 0.6 is 22.7 Å². The number of hydrogen-bond donors (Lipinski definition) is 2. The van der Waals surface area contributed by atoms with Gasteiger partial charge in [0.05, 0.1) is 6.54 Å². The molecule has 1 amide bonds. The zero-order valence-electron chi connectivity index (χ0n) is 11.7. The lowest BCUT2D eigenvalue weighted by molar-refractivity contribution is 0.0792. The predicted molar refractivity (Wildman–Crippen MR) is 85.4 cm³/mol. The van der Waals surface area contributed by atoms with Gasteiger partial charge in [-0.15, -0.1) is 11.3 Å². The molecule has 108 valence electrons. The molecule has 0 aliphatic rings. The van der Waals surface area contributed by atoms with Gasteiger partial charge in [-0.2, -0.15) is 0 Å². The minimum absolute atomic E-state index is 0.0924. The highest BCUT2D eigenvalue weighted by atomic mass is 32.1. The summed E-state index contributed by atoms with van der Waals surface area (Å²) in [5.74, 6) is 0.200. The van der Waals surface area contributed by atoms with Gasteiger partial charge in [-0.25, -0.2) is 4.98 Å². The lowest BCUT2D eigenvalue weighted by Gasteiger charge is -2.15. The minimum Gasteiger partial charge on any atom is -0.382 e. The van der Waals surface area contributed by atoms with E-state index in [1.54, 1.807) is 23.3 Å². The van der Waals surface area contributed by atoms with Crippen molar-refractivity contribution in [2.45, 2.75) is 26.4 Å². The van der Waals surface area contributed by atoms with Crippen LogP contribution < -0.4 is 11.1 Å². The maximum Gasteiger partial charge on any atom is 0.267 e. The summed E-state index contributed by atoms with van der Waals surface area (Å²) in [5, 5.41) is 5.85. The van der Waals surface area contributed by atoms with Gasteiger partial charge in [-0.05, 0) is 25.3 Å². The Kier molecular flexibility index (Phi) is 4.61. The van der Waals surface area contributed by atoms with Gasteiger partial charge < -0.3 is 16.0 Å². The van der Waals surface area contributed by atoms with Gasteiger partial charge >= 0.3 is 0 Å². The Balaban J connectivity index is 2.10. The summed E-state index contributed by atoms with van der Waals surface area (Å²) in [5.41, 5.74) is 5.84. The van der Waals surface area contributed by atoms with Crippen molar-refractivity contribution in [3.05, 3.63) is 27.3 Å². The number of nitrogen functional groups attached to an aromatic ring is 1. The largest absolute Gasteiger partial charge is 0.382 e. The first-order valence-corrected chi connectivity index (χ1v) is 7.97. The van der Waals surface area contributed by atoms with Gasteiger partial charge in [0.15, 0.2) is 5.13 Å². The molecule has 0 unspecified atom stereocenters. The molecule has 7 heteroatoms. The summed E-state index contributed by atoms with van der Waals surface area (Å²) in [6.45, 7) is 4.62. The number of amides is 1. The van der Waals surface area contributed by atoms with Gasteiger partial charge in [-0.1, -0.05) is 17.4 Å². The smallest absolute Gasteiger partial charge is 0.267 e. The number of thiazole rings is 1. The standard InChI is InChI=1S/C13H18N4OS2/c1-8(2)15-13-16-11(14)10(20-13)12(18)17(3)7-9-5-4-6-19-9/h4-6,8H,7,14H2,1-3H3,(H,15,16). The zero-order chi connectivity index (χ0) is 14.7. The molecule has 0 bridgehead atoms. The summed E-state index contributed by atoms with van der Waals surface area (Å²) in [6, 6.07) is 4.24. The molecule has 0 spiro atoms. The van der Waals surface area contributed by atoms with Crippen molar-refractivity contribution >= 4 is 39.5 Å². The van der Waals surface area contributed by atoms with Crippen LogP contribution in [0, 0.1) is 0 Å². The summed E-state index contributed by atoms with van der Waals surface area (Å²) < 4.78 is 0. The normalized spacial score (nSPS) is 10.8. The second-order valence-corrected chi connectivity index (χ2v) is 6.80. The molecule has 2 aromatic heterocycles. The number of rotatable bonds is 5. The van der Waals surface area contributed by atoms with Crippen molar-refractivity contribution in [2.24, 2.45) is 0 Å². The number of hydrogen-bond acceptors (Lipinski definition) is 6. The molecule has 5 nitrogen and oxygen atoms in total. The van der Waals surface area contributed by atoms with Crippen molar-refractivity contribution in [3.63, 3.8) is 0 Å². The average molecular weight is 310 g/mol. The lowest BCUT2D eigenvalue weighted by Crippen LogP contribution is -2.25. The van der Waals surface area contributed by atoms with E-state index >= 15 is 0 Å². The molecule has 2 rings (SSSR count). The molecule has 0 aliphatic carbocycles. The topological polar surface area (TPSA) is 71.2 Å². The lowest BCUT2D eigenvalue weighted by atomic mass is 10.4. The van der Waals surface area contributed by atoms with E-state index in [1.807, 2.05) is 31.4 Å². The molecule has 0 aliphatic heterocycles. The Morgan fingerprint density at radius 3 is 2.90 bits per heavy atom. The van der Waals surface area contributed by atoms with Crippen molar-refractivity contribution in [2.75, 3.05) is 18.1 Å². The van der Waals surface area contributed by atoms with Crippen LogP contribution in [0.5, 0.6) is 0 Å².